The number of rotatable bonds is 4. The van der Waals surface area contributed by atoms with E-state index in [1.54, 1.807) is 7.11 Å². The molecule has 0 aliphatic heterocycles. The summed E-state index contributed by atoms with van der Waals surface area (Å²) < 4.78 is 5.16. The van der Waals surface area contributed by atoms with Gasteiger partial charge in [-0.15, -0.1) is 0 Å². The van der Waals surface area contributed by atoms with Crippen molar-refractivity contribution in [3.63, 3.8) is 0 Å². The molecular weight excluding hydrogens is 234 g/mol. The first-order valence-electron chi connectivity index (χ1n) is 5.46. The number of nitrogens with two attached hydrogens (primary N) is 2. The van der Waals surface area contributed by atoms with E-state index in [1.807, 2.05) is 24.4 Å². The lowest BCUT2D eigenvalue weighted by molar-refractivity contribution is -0.145. The second-order valence-electron chi connectivity index (χ2n) is 3.97. The van der Waals surface area contributed by atoms with Crippen molar-refractivity contribution in [3.8, 4) is 5.75 Å². The summed E-state index contributed by atoms with van der Waals surface area (Å²) in [6.07, 6.45) is 2.16. The molecule has 5 N–H and O–H groups in total. The second-order valence-corrected chi connectivity index (χ2v) is 3.97. The number of nitrogens with one attached hydrogen (secondary N) is 1. The fraction of sp³-hybridized carbons (Fsp3) is 0.250. The lowest BCUT2D eigenvalue weighted by atomic mass is 10.1. The maximum absolute atomic E-state index is 11.2. The molecule has 0 saturated carbocycles. The van der Waals surface area contributed by atoms with Gasteiger partial charge in [0.15, 0.2) is 0 Å². The molecule has 0 spiro atoms. The Hall–Kier alpha value is -2.05. The van der Waals surface area contributed by atoms with E-state index in [0.29, 0.717) is 6.42 Å². The van der Waals surface area contributed by atoms with Crippen LogP contribution in [0, 0.1) is 0 Å². The van der Waals surface area contributed by atoms with Crippen molar-refractivity contribution in [2.24, 2.45) is 11.6 Å². The minimum atomic E-state index is -0.778. The van der Waals surface area contributed by atoms with Gasteiger partial charge in [-0.05, 0) is 23.8 Å². The third kappa shape index (κ3) is 2.29. The molecule has 1 aromatic heterocycles. The van der Waals surface area contributed by atoms with Gasteiger partial charge in [-0.2, -0.15) is 5.90 Å². The van der Waals surface area contributed by atoms with Gasteiger partial charge < -0.3 is 20.3 Å². The Morgan fingerprint density at radius 2 is 2.28 bits per heavy atom. The summed E-state index contributed by atoms with van der Waals surface area (Å²) in [5, 5.41) is 0.967. The average molecular weight is 249 g/mol. The van der Waals surface area contributed by atoms with E-state index in [2.05, 4.69) is 9.82 Å². The van der Waals surface area contributed by atoms with Crippen molar-refractivity contribution >= 4 is 16.9 Å². The first-order chi connectivity index (χ1) is 8.65. The molecule has 0 aliphatic carbocycles. The van der Waals surface area contributed by atoms with Crippen LogP contribution in [0.15, 0.2) is 24.4 Å². The van der Waals surface area contributed by atoms with Crippen LogP contribution in [0.2, 0.25) is 0 Å². The second kappa shape index (κ2) is 5.07. The summed E-state index contributed by atoms with van der Waals surface area (Å²) in [6, 6.07) is 4.88. The van der Waals surface area contributed by atoms with E-state index in [9.17, 15) is 4.79 Å². The molecule has 1 aromatic carbocycles. The van der Waals surface area contributed by atoms with E-state index in [4.69, 9.17) is 16.4 Å². The van der Waals surface area contributed by atoms with E-state index in [1.165, 1.54) is 0 Å². The highest BCUT2D eigenvalue weighted by Gasteiger charge is 2.17. The van der Waals surface area contributed by atoms with Gasteiger partial charge in [0, 0.05) is 23.5 Å². The Morgan fingerprint density at radius 1 is 1.50 bits per heavy atom. The van der Waals surface area contributed by atoms with Crippen LogP contribution < -0.4 is 16.4 Å². The molecule has 0 unspecified atom stereocenters. The maximum atomic E-state index is 11.2. The lowest BCUT2D eigenvalue weighted by Crippen LogP contribution is -2.35. The Balaban J connectivity index is 2.30. The third-order valence-electron chi connectivity index (χ3n) is 2.83. The molecule has 18 heavy (non-hydrogen) atoms. The molecule has 0 aliphatic rings. The Bertz CT molecular complexity index is 565. The zero-order valence-electron chi connectivity index (χ0n) is 9.97. The van der Waals surface area contributed by atoms with E-state index in [-0.39, 0.29) is 0 Å². The van der Waals surface area contributed by atoms with Crippen molar-refractivity contribution in [1.82, 2.24) is 4.98 Å². The normalized spacial score (nSPS) is 12.4. The van der Waals surface area contributed by atoms with Crippen LogP contribution in [0.25, 0.3) is 10.9 Å². The van der Waals surface area contributed by atoms with Crippen molar-refractivity contribution in [2.75, 3.05) is 7.11 Å². The van der Waals surface area contributed by atoms with Crippen molar-refractivity contribution < 1.29 is 14.4 Å². The number of fused-ring (bicyclic) bond motifs is 1. The highest BCUT2D eigenvalue weighted by atomic mass is 16.7. The minimum Gasteiger partial charge on any atom is -0.497 e. The van der Waals surface area contributed by atoms with Crippen molar-refractivity contribution in [2.45, 2.75) is 12.5 Å². The molecule has 2 rings (SSSR count). The van der Waals surface area contributed by atoms with E-state index >= 15 is 0 Å². The predicted molar refractivity (Wildman–Crippen MR) is 66.8 cm³/mol. The van der Waals surface area contributed by atoms with Gasteiger partial charge in [-0.25, -0.2) is 4.79 Å². The number of H-pyrrole nitrogens is 1. The van der Waals surface area contributed by atoms with Gasteiger partial charge in [0.05, 0.1) is 7.11 Å². The number of ether oxygens (including phenoxy) is 1. The van der Waals surface area contributed by atoms with Gasteiger partial charge in [0.25, 0.3) is 0 Å². The molecule has 0 amide bonds. The van der Waals surface area contributed by atoms with Gasteiger partial charge in [0.2, 0.25) is 0 Å². The summed E-state index contributed by atoms with van der Waals surface area (Å²) in [5.74, 6) is 4.92. The van der Waals surface area contributed by atoms with Gasteiger partial charge in [-0.3, -0.25) is 0 Å². The number of aromatic nitrogens is 1. The average Bonchev–Trinajstić information content (AvgIpc) is 2.80. The molecule has 6 nitrogen and oxygen atoms in total. The highest BCUT2D eigenvalue weighted by molar-refractivity contribution is 5.85. The lowest BCUT2D eigenvalue weighted by Gasteiger charge is -2.07. The fourth-order valence-corrected chi connectivity index (χ4v) is 1.86. The quantitative estimate of drug-likeness (QED) is 0.683. The van der Waals surface area contributed by atoms with Crippen LogP contribution in [-0.2, 0) is 16.1 Å². The summed E-state index contributed by atoms with van der Waals surface area (Å²) in [5.41, 5.74) is 7.56. The Labute approximate surface area is 104 Å². The van der Waals surface area contributed by atoms with Gasteiger partial charge >= 0.3 is 5.97 Å². The molecule has 0 radical (unpaired) electrons. The molecule has 0 saturated heterocycles. The van der Waals surface area contributed by atoms with Crippen LogP contribution >= 0.6 is 0 Å². The van der Waals surface area contributed by atoms with Crippen molar-refractivity contribution in [1.29, 1.82) is 0 Å². The van der Waals surface area contributed by atoms with Gasteiger partial charge in [-0.1, -0.05) is 0 Å². The van der Waals surface area contributed by atoms with E-state index < -0.39 is 12.0 Å². The van der Waals surface area contributed by atoms with Crippen LogP contribution in [0.4, 0.5) is 0 Å². The van der Waals surface area contributed by atoms with Crippen LogP contribution in [0.1, 0.15) is 5.56 Å². The number of carbonyl (C=O) groups excluding carboxylic acids is 1. The zero-order valence-corrected chi connectivity index (χ0v) is 9.97. The standard InChI is InChI=1S/C12H15N3O3/c1-17-8-2-3-11-9(5-8)7(6-15-11)4-10(13)12(16)18-14/h2-3,5-6,10,15H,4,13-14H2,1H3/t10-/m0/s1. The van der Waals surface area contributed by atoms with Crippen LogP contribution in [0.3, 0.4) is 0 Å². The molecule has 0 bridgehead atoms. The van der Waals surface area contributed by atoms with Crippen LogP contribution in [-0.4, -0.2) is 24.1 Å². The third-order valence-corrected chi connectivity index (χ3v) is 2.83. The number of aromatic amines is 1. The van der Waals surface area contributed by atoms with Crippen molar-refractivity contribution in [3.05, 3.63) is 30.0 Å². The Kier molecular flexibility index (Phi) is 3.50. The molecule has 2 aromatic rings. The molecule has 0 fully saturated rings. The van der Waals surface area contributed by atoms with Crippen LogP contribution in [0.5, 0.6) is 5.75 Å². The van der Waals surface area contributed by atoms with E-state index in [0.717, 1.165) is 22.2 Å². The summed E-state index contributed by atoms with van der Waals surface area (Å²) >= 11 is 0. The maximum Gasteiger partial charge on any atom is 0.341 e. The summed E-state index contributed by atoms with van der Waals surface area (Å²) in [4.78, 5) is 18.4. The predicted octanol–water partition coefficient (Wildman–Crippen LogP) is 0.463. The van der Waals surface area contributed by atoms with Gasteiger partial charge in [0.1, 0.15) is 11.8 Å². The molecule has 96 valence electrons. The number of methoxy groups -OCH3 is 1. The largest absolute Gasteiger partial charge is 0.497 e. The first-order valence-corrected chi connectivity index (χ1v) is 5.46. The Morgan fingerprint density at radius 3 is 2.94 bits per heavy atom. The summed E-state index contributed by atoms with van der Waals surface area (Å²) in [6.45, 7) is 0. The SMILES string of the molecule is COc1ccc2[nH]cc(C[C@H](N)C(=O)ON)c2c1. The highest BCUT2D eigenvalue weighted by Crippen LogP contribution is 2.24. The monoisotopic (exact) mass is 249 g/mol. The number of hydrogen-bond acceptors (Lipinski definition) is 5. The molecule has 1 heterocycles. The fourth-order valence-electron chi connectivity index (χ4n) is 1.86. The molecule has 1 atom stereocenters. The topological polar surface area (TPSA) is 103 Å². The number of benzene rings is 1. The molecule has 6 heteroatoms. The summed E-state index contributed by atoms with van der Waals surface area (Å²) in [7, 11) is 1.60. The smallest absolute Gasteiger partial charge is 0.341 e. The number of hydrogen-bond donors (Lipinski definition) is 3. The number of carbonyl (C=O) groups is 1. The first kappa shape index (κ1) is 12.4. The minimum absolute atomic E-state index is 0.350. The zero-order chi connectivity index (χ0) is 13.1. The molecular formula is C12H15N3O3.